The van der Waals surface area contributed by atoms with Crippen molar-refractivity contribution in [1.82, 2.24) is 15.0 Å². The number of aryl methyl sites for hydroxylation is 2. The van der Waals surface area contributed by atoms with Crippen LogP contribution >= 0.6 is 0 Å². The molecule has 5 heteroatoms. The maximum absolute atomic E-state index is 4.56. The third-order valence-corrected chi connectivity index (χ3v) is 4.12. The number of rotatable bonds is 6. The summed E-state index contributed by atoms with van der Waals surface area (Å²) in [4.78, 5) is 13.1. The lowest BCUT2D eigenvalue weighted by atomic mass is 10.0. The average Bonchev–Trinajstić information content (AvgIpc) is 2.60. The highest BCUT2D eigenvalue weighted by atomic mass is 15.1. The maximum atomic E-state index is 4.56. The van der Waals surface area contributed by atoms with Crippen LogP contribution in [0, 0.1) is 19.8 Å². The van der Waals surface area contributed by atoms with Crippen molar-refractivity contribution in [3.05, 3.63) is 65.7 Å². The van der Waals surface area contributed by atoms with E-state index in [0.717, 1.165) is 34.7 Å². The summed E-state index contributed by atoms with van der Waals surface area (Å²) in [5, 5.41) is 6.63. The smallest absolute Gasteiger partial charge is 0.227 e. The summed E-state index contributed by atoms with van der Waals surface area (Å²) in [6, 6.07) is 10.4. The van der Waals surface area contributed by atoms with E-state index in [-0.39, 0.29) is 2.85 Å². The number of pyridine rings is 1. The number of anilines is 4. The molecule has 2 N–H and O–H groups in total. The molecule has 0 aliphatic rings. The first-order valence-electron chi connectivity index (χ1n) is 8.88. The van der Waals surface area contributed by atoms with Gasteiger partial charge in [0, 0.05) is 26.6 Å². The van der Waals surface area contributed by atoms with E-state index in [1.54, 1.807) is 12.4 Å². The minimum Gasteiger partial charge on any atom is -0.352 e. The summed E-state index contributed by atoms with van der Waals surface area (Å²) in [6.07, 6.45) is 6.49. The van der Waals surface area contributed by atoms with Crippen LogP contribution in [0.15, 0.2) is 48.9 Å². The lowest BCUT2D eigenvalue weighted by Gasteiger charge is -2.12. The SMILES string of the molecule is Cc1cnccc1Nc1cnc(Nc2ccc(CC(C)C)cc2)nc1C.[HH].[HH]. The summed E-state index contributed by atoms with van der Waals surface area (Å²) < 4.78 is 0. The standard InChI is InChI=1S/C21H25N5.2H2/c1-14(2)11-17-5-7-18(8-6-17)25-21-23-13-20(16(4)24-21)26-19-9-10-22-12-15(19)3;;/h5-10,12-14H,11H2,1-4H3,(H,22,26)(H,23,24,25);2*1H. The number of aromatic nitrogens is 3. The third-order valence-electron chi connectivity index (χ3n) is 4.12. The average molecular weight is 351 g/mol. The molecule has 0 aliphatic heterocycles. The van der Waals surface area contributed by atoms with Crippen molar-refractivity contribution in [2.75, 3.05) is 10.6 Å². The van der Waals surface area contributed by atoms with E-state index in [0.29, 0.717) is 11.9 Å². The zero-order valence-electron chi connectivity index (χ0n) is 15.7. The Hall–Kier alpha value is -2.95. The summed E-state index contributed by atoms with van der Waals surface area (Å²) in [5.74, 6) is 1.25. The molecule has 2 heterocycles. The first-order chi connectivity index (χ1) is 12.5. The number of nitrogens with zero attached hydrogens (tertiary/aromatic N) is 3. The van der Waals surface area contributed by atoms with Crippen LogP contribution in [0.3, 0.4) is 0 Å². The highest BCUT2D eigenvalue weighted by Gasteiger charge is 2.06. The molecule has 2 aromatic heterocycles. The highest BCUT2D eigenvalue weighted by Crippen LogP contribution is 2.22. The Morgan fingerprint density at radius 1 is 0.962 bits per heavy atom. The van der Waals surface area contributed by atoms with Gasteiger partial charge in [0.25, 0.3) is 0 Å². The molecular weight excluding hydrogens is 322 g/mol. The first kappa shape index (κ1) is 17.9. The Kier molecular flexibility index (Phi) is 5.46. The predicted molar refractivity (Wildman–Crippen MR) is 112 cm³/mol. The van der Waals surface area contributed by atoms with E-state index < -0.39 is 0 Å². The van der Waals surface area contributed by atoms with E-state index in [4.69, 9.17) is 0 Å². The van der Waals surface area contributed by atoms with Gasteiger partial charge in [-0.1, -0.05) is 26.0 Å². The van der Waals surface area contributed by atoms with Crippen LogP contribution in [0.5, 0.6) is 0 Å². The molecule has 0 unspecified atom stereocenters. The normalized spacial score (nSPS) is 10.8. The van der Waals surface area contributed by atoms with Gasteiger partial charge < -0.3 is 10.6 Å². The van der Waals surface area contributed by atoms with Crippen molar-refractivity contribution in [3.63, 3.8) is 0 Å². The maximum Gasteiger partial charge on any atom is 0.227 e. The second-order valence-corrected chi connectivity index (χ2v) is 6.93. The molecule has 0 atom stereocenters. The molecule has 0 radical (unpaired) electrons. The largest absolute Gasteiger partial charge is 0.352 e. The molecule has 26 heavy (non-hydrogen) atoms. The second-order valence-electron chi connectivity index (χ2n) is 6.93. The van der Waals surface area contributed by atoms with E-state index in [1.165, 1.54) is 5.56 Å². The zero-order valence-corrected chi connectivity index (χ0v) is 15.7. The summed E-state index contributed by atoms with van der Waals surface area (Å²) in [6.45, 7) is 8.44. The number of benzene rings is 1. The van der Waals surface area contributed by atoms with Crippen molar-refractivity contribution in [1.29, 1.82) is 0 Å². The fourth-order valence-electron chi connectivity index (χ4n) is 2.73. The number of hydrogen-bond donors (Lipinski definition) is 2. The second kappa shape index (κ2) is 7.95. The topological polar surface area (TPSA) is 62.7 Å². The van der Waals surface area contributed by atoms with Gasteiger partial charge in [-0.3, -0.25) is 4.98 Å². The van der Waals surface area contributed by atoms with Gasteiger partial charge in [0.2, 0.25) is 5.95 Å². The molecule has 5 nitrogen and oxygen atoms in total. The van der Waals surface area contributed by atoms with Crippen molar-refractivity contribution in [2.24, 2.45) is 5.92 Å². The van der Waals surface area contributed by atoms with Crippen molar-refractivity contribution in [3.8, 4) is 0 Å². The minimum atomic E-state index is 0. The number of hydrogen-bond acceptors (Lipinski definition) is 5. The fourth-order valence-corrected chi connectivity index (χ4v) is 2.73. The van der Waals surface area contributed by atoms with Crippen LogP contribution in [0.2, 0.25) is 0 Å². The molecule has 3 rings (SSSR count). The van der Waals surface area contributed by atoms with E-state index >= 15 is 0 Å². The minimum absolute atomic E-state index is 0. The van der Waals surface area contributed by atoms with Gasteiger partial charge in [0.1, 0.15) is 0 Å². The lowest BCUT2D eigenvalue weighted by Crippen LogP contribution is -2.03. The van der Waals surface area contributed by atoms with Crippen molar-refractivity contribution in [2.45, 2.75) is 34.1 Å². The van der Waals surface area contributed by atoms with Gasteiger partial charge in [-0.2, -0.15) is 0 Å². The van der Waals surface area contributed by atoms with Gasteiger partial charge in [-0.15, -0.1) is 0 Å². The Labute approximate surface area is 157 Å². The predicted octanol–water partition coefficient (Wildman–Crippen LogP) is 5.67. The monoisotopic (exact) mass is 351 g/mol. The zero-order chi connectivity index (χ0) is 18.5. The highest BCUT2D eigenvalue weighted by molar-refractivity contribution is 5.64. The van der Waals surface area contributed by atoms with Gasteiger partial charge in [-0.05, 0) is 55.5 Å². The summed E-state index contributed by atoms with van der Waals surface area (Å²) >= 11 is 0. The molecule has 3 aromatic rings. The van der Waals surface area contributed by atoms with Crippen molar-refractivity contribution < 1.29 is 2.85 Å². The molecule has 0 aliphatic carbocycles. The molecule has 0 amide bonds. The Morgan fingerprint density at radius 3 is 2.38 bits per heavy atom. The molecule has 0 saturated heterocycles. The lowest BCUT2D eigenvalue weighted by molar-refractivity contribution is 0.647. The van der Waals surface area contributed by atoms with E-state index in [2.05, 4.69) is 63.7 Å². The molecule has 0 fully saturated rings. The van der Waals surface area contributed by atoms with Gasteiger partial charge >= 0.3 is 0 Å². The van der Waals surface area contributed by atoms with Crippen LogP contribution < -0.4 is 10.6 Å². The third kappa shape index (κ3) is 4.57. The summed E-state index contributed by atoms with van der Waals surface area (Å²) in [7, 11) is 0. The van der Waals surface area contributed by atoms with Crippen LogP contribution in [-0.2, 0) is 6.42 Å². The van der Waals surface area contributed by atoms with Gasteiger partial charge in [-0.25, -0.2) is 9.97 Å². The Bertz CT molecular complexity index is 882. The molecule has 1 aromatic carbocycles. The number of nitrogens with one attached hydrogen (secondary N) is 2. The summed E-state index contributed by atoms with van der Waals surface area (Å²) in [5.41, 5.74) is 6.19. The van der Waals surface area contributed by atoms with E-state index in [1.807, 2.05) is 26.1 Å². The van der Waals surface area contributed by atoms with Crippen LogP contribution in [0.4, 0.5) is 23.0 Å². The Morgan fingerprint density at radius 2 is 1.73 bits per heavy atom. The molecule has 0 spiro atoms. The molecule has 0 saturated carbocycles. The quantitative estimate of drug-likeness (QED) is 0.599. The van der Waals surface area contributed by atoms with E-state index in [9.17, 15) is 0 Å². The Balaban J connectivity index is 0.00000196. The van der Waals surface area contributed by atoms with Gasteiger partial charge in [0.05, 0.1) is 17.6 Å². The first-order valence-corrected chi connectivity index (χ1v) is 8.88. The fraction of sp³-hybridized carbons (Fsp3) is 0.286. The molecule has 138 valence electrons. The van der Waals surface area contributed by atoms with Crippen molar-refractivity contribution >= 4 is 23.0 Å². The molecular formula is C21H29N5. The molecule has 0 bridgehead atoms. The van der Waals surface area contributed by atoms with Crippen LogP contribution in [0.1, 0.15) is 33.5 Å². The van der Waals surface area contributed by atoms with Crippen LogP contribution in [-0.4, -0.2) is 15.0 Å². The van der Waals surface area contributed by atoms with Gasteiger partial charge in [0.15, 0.2) is 0 Å². The van der Waals surface area contributed by atoms with Crippen LogP contribution in [0.25, 0.3) is 0 Å².